The number of aliphatic carboxylic acids is 1. The average molecular weight is 496 g/mol. The van der Waals surface area contributed by atoms with Gasteiger partial charge in [-0.2, -0.15) is 9.24 Å². The number of rotatable bonds is 11. The van der Waals surface area contributed by atoms with Crippen LogP contribution in [0, 0.1) is 0 Å². The van der Waals surface area contributed by atoms with E-state index in [0.29, 0.717) is 16.8 Å². The molecule has 8 nitrogen and oxygen atoms in total. The van der Waals surface area contributed by atoms with Gasteiger partial charge in [0.2, 0.25) is 10.0 Å². The summed E-state index contributed by atoms with van der Waals surface area (Å²) >= 11 is 0. The van der Waals surface area contributed by atoms with E-state index >= 15 is 0 Å². The summed E-state index contributed by atoms with van der Waals surface area (Å²) in [5, 5.41) is 10.5. The molecular formula is C26H29N3O5S. The highest BCUT2D eigenvalue weighted by Crippen LogP contribution is 2.31. The highest BCUT2D eigenvalue weighted by molar-refractivity contribution is 7.93. The van der Waals surface area contributed by atoms with Crippen LogP contribution >= 0.6 is 0 Å². The normalized spacial score (nSPS) is 15.0. The molecule has 2 aromatic carbocycles. The molecule has 2 aliphatic rings. The van der Waals surface area contributed by atoms with E-state index < -0.39 is 16.0 Å². The maximum absolute atomic E-state index is 13.9. The van der Waals surface area contributed by atoms with E-state index in [9.17, 15) is 13.2 Å². The largest absolute Gasteiger partial charge is 0.481 e. The number of aryl methyl sites for hydroxylation is 1. The first-order valence-corrected chi connectivity index (χ1v) is 13.0. The van der Waals surface area contributed by atoms with Crippen LogP contribution in [0.25, 0.3) is 0 Å². The molecule has 0 fully saturated rings. The summed E-state index contributed by atoms with van der Waals surface area (Å²) in [4.78, 5) is 16.5. The van der Waals surface area contributed by atoms with Gasteiger partial charge in [0.25, 0.3) is 0 Å². The number of carbonyl (C=O) groups is 1. The van der Waals surface area contributed by atoms with Gasteiger partial charge in [-0.3, -0.25) is 4.79 Å². The van der Waals surface area contributed by atoms with Crippen LogP contribution in [-0.4, -0.2) is 28.9 Å². The standard InChI is InChI=1S/C26H29N3O5S/c1-2-3-6-20-10-12-21(13-11-20)18-28(19-23-8-4-7-22(15-23)16-26(30)31)35(32,33)25-9-5-14-29-24(25)17-27-34-29/h4-5,7-15,17,27H,2-3,6,16,18-19H2,1H3,(H,30,31). The Bertz CT molecular complexity index is 1270. The van der Waals surface area contributed by atoms with E-state index in [4.69, 9.17) is 10.0 Å². The first-order chi connectivity index (χ1) is 16.9. The third-order valence-electron chi connectivity index (χ3n) is 5.83. The molecule has 0 saturated heterocycles. The zero-order chi connectivity index (χ0) is 24.8. The lowest BCUT2D eigenvalue weighted by molar-refractivity contribution is -0.136. The van der Waals surface area contributed by atoms with Crippen molar-refractivity contribution in [3.05, 3.63) is 106 Å². The number of carboxylic acid groups (broad SMARTS) is 1. The Balaban J connectivity index is 1.64. The fraction of sp³-hybridized carbons (Fsp3) is 0.269. The van der Waals surface area contributed by atoms with Crippen molar-refractivity contribution in [3.63, 3.8) is 0 Å². The Kier molecular flexibility index (Phi) is 7.70. The number of fused-ring (bicyclic) bond motifs is 1. The molecule has 35 heavy (non-hydrogen) atoms. The maximum Gasteiger partial charge on any atom is 0.307 e. The van der Waals surface area contributed by atoms with Crippen LogP contribution in [0.3, 0.4) is 0 Å². The number of carboxylic acids is 1. The van der Waals surface area contributed by atoms with Crippen molar-refractivity contribution < 1.29 is 23.3 Å². The first kappa shape index (κ1) is 24.7. The number of nitrogens with one attached hydrogen (secondary N) is 1. The van der Waals surface area contributed by atoms with Crippen LogP contribution < -0.4 is 5.48 Å². The van der Waals surface area contributed by atoms with Gasteiger partial charge in [0.1, 0.15) is 10.6 Å². The third kappa shape index (κ3) is 6.00. The van der Waals surface area contributed by atoms with Gasteiger partial charge in [0, 0.05) is 19.3 Å². The SMILES string of the molecule is CCCCc1ccc(CN(Cc2cccc(CC(=O)O)c2)S(=O)(=O)C2=CC=CN3ONC=C23)cc1. The van der Waals surface area contributed by atoms with E-state index in [-0.39, 0.29) is 24.4 Å². The first-order valence-electron chi connectivity index (χ1n) is 11.5. The molecule has 0 unspecified atom stereocenters. The minimum absolute atomic E-state index is 0.0933. The molecule has 0 aliphatic carbocycles. The highest BCUT2D eigenvalue weighted by atomic mass is 32.2. The molecule has 2 aliphatic heterocycles. The van der Waals surface area contributed by atoms with Crippen LogP contribution in [0.2, 0.25) is 0 Å². The number of benzene rings is 2. The fourth-order valence-electron chi connectivity index (χ4n) is 4.03. The smallest absolute Gasteiger partial charge is 0.307 e. The molecule has 9 heteroatoms. The van der Waals surface area contributed by atoms with E-state index in [1.807, 2.05) is 30.3 Å². The van der Waals surface area contributed by atoms with Crippen LogP contribution in [0.15, 0.2) is 83.7 Å². The number of hydroxylamine groups is 3. The lowest BCUT2D eigenvalue weighted by Crippen LogP contribution is -2.33. The lowest BCUT2D eigenvalue weighted by atomic mass is 10.1. The molecule has 2 heterocycles. The fourth-order valence-corrected chi connectivity index (χ4v) is 5.61. The van der Waals surface area contributed by atoms with Gasteiger partial charge in [-0.05, 0) is 47.2 Å². The number of hydrogen-bond donors (Lipinski definition) is 2. The molecule has 0 atom stereocenters. The van der Waals surface area contributed by atoms with Gasteiger partial charge in [-0.1, -0.05) is 61.9 Å². The van der Waals surface area contributed by atoms with Gasteiger partial charge < -0.3 is 5.11 Å². The van der Waals surface area contributed by atoms with Crippen LogP contribution in [0.1, 0.15) is 42.0 Å². The number of sulfonamides is 1. The molecule has 0 saturated carbocycles. The molecule has 2 aromatic rings. The molecule has 184 valence electrons. The van der Waals surface area contributed by atoms with Crippen molar-refractivity contribution in [2.75, 3.05) is 0 Å². The van der Waals surface area contributed by atoms with E-state index in [1.165, 1.54) is 21.1 Å². The maximum atomic E-state index is 13.9. The third-order valence-corrected chi connectivity index (χ3v) is 7.67. The number of unbranched alkanes of at least 4 members (excludes halogenated alkanes) is 1. The molecule has 2 N–H and O–H groups in total. The van der Waals surface area contributed by atoms with Crippen LogP contribution in [-0.2, 0) is 45.7 Å². The Morgan fingerprint density at radius 1 is 1.06 bits per heavy atom. The summed E-state index contributed by atoms with van der Waals surface area (Å²) < 4.78 is 29.2. The summed E-state index contributed by atoms with van der Waals surface area (Å²) in [6.45, 7) is 2.41. The van der Waals surface area contributed by atoms with Crippen LogP contribution in [0.5, 0.6) is 0 Å². The summed E-state index contributed by atoms with van der Waals surface area (Å²) in [6.07, 6.45) is 9.38. The summed E-state index contributed by atoms with van der Waals surface area (Å²) in [5.41, 5.74) is 6.41. The van der Waals surface area contributed by atoms with E-state index in [1.54, 1.807) is 36.6 Å². The average Bonchev–Trinajstić information content (AvgIpc) is 3.32. The van der Waals surface area contributed by atoms with Gasteiger partial charge in [-0.25, -0.2) is 19.0 Å². The summed E-state index contributed by atoms with van der Waals surface area (Å²) in [7, 11) is -3.94. The summed E-state index contributed by atoms with van der Waals surface area (Å²) in [5.74, 6) is -0.935. The van der Waals surface area contributed by atoms with Gasteiger partial charge in [0.15, 0.2) is 0 Å². The van der Waals surface area contributed by atoms with E-state index in [0.717, 1.165) is 24.8 Å². The Labute approximate surface area is 205 Å². The predicted molar refractivity (Wildman–Crippen MR) is 132 cm³/mol. The van der Waals surface area contributed by atoms with E-state index in [2.05, 4.69) is 12.4 Å². The summed E-state index contributed by atoms with van der Waals surface area (Å²) in [6, 6.07) is 15.1. The minimum Gasteiger partial charge on any atom is -0.481 e. The van der Waals surface area contributed by atoms with Crippen molar-refractivity contribution in [1.82, 2.24) is 14.8 Å². The quantitative estimate of drug-likeness (QED) is 0.486. The molecule has 0 bridgehead atoms. The second kappa shape index (κ2) is 10.9. The Morgan fingerprint density at radius 3 is 2.51 bits per heavy atom. The zero-order valence-corrected chi connectivity index (χ0v) is 20.4. The zero-order valence-electron chi connectivity index (χ0n) is 19.6. The van der Waals surface area contributed by atoms with Gasteiger partial charge in [-0.15, -0.1) is 0 Å². The molecule has 0 spiro atoms. The van der Waals surface area contributed by atoms with Crippen molar-refractivity contribution in [3.8, 4) is 0 Å². The molecule has 4 rings (SSSR count). The van der Waals surface area contributed by atoms with Crippen molar-refractivity contribution in [2.45, 2.75) is 45.7 Å². The highest BCUT2D eigenvalue weighted by Gasteiger charge is 2.34. The van der Waals surface area contributed by atoms with Gasteiger partial charge in [0.05, 0.1) is 12.6 Å². The molecular weight excluding hydrogens is 466 g/mol. The van der Waals surface area contributed by atoms with Crippen molar-refractivity contribution in [1.29, 1.82) is 0 Å². The molecule has 0 radical (unpaired) electrons. The van der Waals surface area contributed by atoms with Crippen LogP contribution in [0.4, 0.5) is 0 Å². The topological polar surface area (TPSA) is 99.2 Å². The molecule has 0 aromatic heterocycles. The van der Waals surface area contributed by atoms with Gasteiger partial charge >= 0.3 is 5.97 Å². The second-order valence-electron chi connectivity index (χ2n) is 8.52. The Hall–Kier alpha value is -3.40. The molecule has 0 amide bonds. The number of hydrogen-bond acceptors (Lipinski definition) is 6. The monoisotopic (exact) mass is 495 g/mol. The van der Waals surface area contributed by atoms with Crippen molar-refractivity contribution >= 4 is 16.0 Å². The predicted octanol–water partition coefficient (Wildman–Crippen LogP) is 3.99. The number of allylic oxidation sites excluding steroid dienone is 2. The number of nitrogens with zero attached hydrogens (tertiary/aromatic N) is 2. The lowest BCUT2D eigenvalue weighted by Gasteiger charge is -2.27. The minimum atomic E-state index is -3.94. The van der Waals surface area contributed by atoms with Crippen molar-refractivity contribution in [2.24, 2.45) is 0 Å². The Morgan fingerprint density at radius 2 is 1.77 bits per heavy atom. The second-order valence-corrected chi connectivity index (χ2v) is 10.4.